The lowest BCUT2D eigenvalue weighted by Crippen LogP contribution is -2.44. The van der Waals surface area contributed by atoms with Gasteiger partial charge in [-0.25, -0.2) is 5.01 Å². The molecule has 0 aromatic heterocycles. The second-order valence-corrected chi connectivity index (χ2v) is 11.9. The van der Waals surface area contributed by atoms with Crippen molar-refractivity contribution in [2.24, 2.45) is 10.1 Å². The molecule has 0 bridgehead atoms. The zero-order valence-electron chi connectivity index (χ0n) is 27.5. The summed E-state index contributed by atoms with van der Waals surface area (Å²) in [5.41, 5.74) is 8.95. The number of rotatable bonds is 9. The van der Waals surface area contributed by atoms with Crippen molar-refractivity contribution in [1.29, 1.82) is 0 Å². The van der Waals surface area contributed by atoms with Crippen molar-refractivity contribution in [2.45, 2.75) is 33.2 Å². The van der Waals surface area contributed by atoms with Gasteiger partial charge in [0.15, 0.2) is 0 Å². The minimum absolute atomic E-state index is 0.188. The van der Waals surface area contributed by atoms with E-state index in [4.69, 9.17) is 9.84 Å². The largest absolute Gasteiger partial charge is 0.456 e. The summed E-state index contributed by atoms with van der Waals surface area (Å²) in [6.45, 7) is 9.84. The van der Waals surface area contributed by atoms with Crippen LogP contribution >= 0.6 is 0 Å². The Bertz CT molecular complexity index is 1990. The van der Waals surface area contributed by atoms with E-state index in [0.29, 0.717) is 17.1 Å². The van der Waals surface area contributed by atoms with E-state index in [1.807, 2.05) is 91.0 Å². The highest BCUT2D eigenvalue weighted by molar-refractivity contribution is 6.17. The summed E-state index contributed by atoms with van der Waals surface area (Å²) in [5, 5.41) is 16.8. The first-order valence-corrected chi connectivity index (χ1v) is 16.3. The smallest absolute Gasteiger partial charge is 0.275 e. The number of fused-ring (bicyclic) bond motifs is 6. The van der Waals surface area contributed by atoms with E-state index in [-0.39, 0.29) is 5.91 Å². The molecule has 240 valence electrons. The summed E-state index contributed by atoms with van der Waals surface area (Å²) in [6.07, 6.45) is 3.22. The number of hydrogen-bond donors (Lipinski definition) is 3. The number of benzene rings is 5. The van der Waals surface area contributed by atoms with E-state index in [1.165, 1.54) is 0 Å². The molecule has 2 aliphatic heterocycles. The van der Waals surface area contributed by atoms with E-state index in [9.17, 15) is 4.79 Å². The minimum Gasteiger partial charge on any atom is -0.456 e. The summed E-state index contributed by atoms with van der Waals surface area (Å²) in [5.74, 6) is 1.17. The van der Waals surface area contributed by atoms with Gasteiger partial charge in [-0.1, -0.05) is 36.4 Å². The molecule has 5 aromatic carbocycles. The Morgan fingerprint density at radius 2 is 1.29 bits per heavy atom. The molecule has 48 heavy (non-hydrogen) atoms. The highest BCUT2D eigenvalue weighted by Crippen LogP contribution is 2.58. The number of ether oxygens (including phenoxy) is 1. The average molecular weight is 635 g/mol. The van der Waals surface area contributed by atoms with Crippen LogP contribution in [-0.2, 0) is 5.54 Å². The molecule has 0 fully saturated rings. The standard InChI is InChI=1S/C40H38N6O2/c1-5-41-35-24-37-33(22-26(35)3)40(34-23-27(4)36(42-6-2)25-38(34)48-37)32-15-11-10-14-31(32)39(47)46(40)44-21-20-43-28-16-18-30(19-17-28)45-29-12-8-7-9-13-29/h7-25,41-42,45H,5-6H2,1-4H3. The van der Waals surface area contributed by atoms with Gasteiger partial charge in [0.05, 0.1) is 11.9 Å². The minimum atomic E-state index is -1.06. The number of anilines is 4. The van der Waals surface area contributed by atoms with Crippen LogP contribution in [-0.4, -0.2) is 36.4 Å². The third-order valence-corrected chi connectivity index (χ3v) is 8.85. The van der Waals surface area contributed by atoms with E-state index in [0.717, 1.165) is 69.3 Å². The van der Waals surface area contributed by atoms with Crippen LogP contribution < -0.4 is 20.7 Å². The van der Waals surface area contributed by atoms with Crippen molar-refractivity contribution in [3.8, 4) is 11.5 Å². The first-order chi connectivity index (χ1) is 23.4. The molecule has 0 atom stereocenters. The van der Waals surface area contributed by atoms with Crippen molar-refractivity contribution in [2.75, 3.05) is 29.0 Å². The van der Waals surface area contributed by atoms with Crippen LogP contribution in [0.2, 0.25) is 0 Å². The molecule has 1 spiro atoms. The van der Waals surface area contributed by atoms with Gasteiger partial charge >= 0.3 is 0 Å². The number of carbonyl (C=O) groups is 1. The van der Waals surface area contributed by atoms with Gasteiger partial charge in [0, 0.05) is 76.4 Å². The maximum atomic E-state index is 14.3. The fraction of sp³-hybridized carbons (Fsp3) is 0.175. The van der Waals surface area contributed by atoms with Gasteiger partial charge in [-0.15, -0.1) is 0 Å². The van der Waals surface area contributed by atoms with Crippen LogP contribution in [0.15, 0.2) is 113 Å². The molecular weight excluding hydrogens is 596 g/mol. The molecule has 0 aliphatic carbocycles. The van der Waals surface area contributed by atoms with Gasteiger partial charge in [0.1, 0.15) is 17.0 Å². The van der Waals surface area contributed by atoms with Crippen LogP contribution in [0.5, 0.6) is 11.5 Å². The highest BCUT2D eigenvalue weighted by atomic mass is 16.5. The van der Waals surface area contributed by atoms with E-state index < -0.39 is 5.54 Å². The van der Waals surface area contributed by atoms with Crippen LogP contribution in [0.4, 0.5) is 28.4 Å². The number of nitrogens with zero attached hydrogens (tertiary/aromatic N) is 3. The van der Waals surface area contributed by atoms with Crippen LogP contribution in [0, 0.1) is 13.8 Å². The molecule has 7 rings (SSSR count). The van der Waals surface area contributed by atoms with Gasteiger partial charge in [0.2, 0.25) is 0 Å². The molecule has 8 nitrogen and oxygen atoms in total. The van der Waals surface area contributed by atoms with Crippen molar-refractivity contribution in [3.05, 3.63) is 137 Å². The highest BCUT2D eigenvalue weighted by Gasteiger charge is 2.57. The van der Waals surface area contributed by atoms with Crippen LogP contribution in [0.25, 0.3) is 0 Å². The van der Waals surface area contributed by atoms with Gasteiger partial charge in [-0.3, -0.25) is 9.79 Å². The Hall–Kier alpha value is -5.89. The first kappa shape index (κ1) is 30.7. The molecule has 3 N–H and O–H groups in total. The number of para-hydroxylation sites is 1. The van der Waals surface area contributed by atoms with Crippen molar-refractivity contribution < 1.29 is 9.53 Å². The molecule has 1 amide bonds. The third-order valence-electron chi connectivity index (χ3n) is 8.85. The zero-order valence-corrected chi connectivity index (χ0v) is 27.5. The lowest BCUT2D eigenvalue weighted by molar-refractivity contribution is 0.0675. The molecule has 8 heteroatoms. The Balaban J connectivity index is 1.32. The zero-order chi connectivity index (χ0) is 33.3. The molecule has 0 saturated carbocycles. The normalized spacial score (nSPS) is 14.2. The average Bonchev–Trinajstić information content (AvgIpc) is 3.34. The van der Waals surface area contributed by atoms with Crippen LogP contribution in [0.3, 0.4) is 0 Å². The van der Waals surface area contributed by atoms with E-state index in [2.05, 4.69) is 60.8 Å². The quantitative estimate of drug-likeness (QED) is 0.141. The fourth-order valence-electron chi connectivity index (χ4n) is 6.69. The SMILES string of the molecule is CCNc1cc2c(cc1C)C1(c3cc(C)c(NCC)cc3O2)c2ccccc2C(=O)N1N=CC=Nc1ccc(Nc2ccccc2)cc1. The third kappa shape index (κ3) is 5.25. The lowest BCUT2D eigenvalue weighted by Gasteiger charge is -2.42. The van der Waals surface area contributed by atoms with Gasteiger partial charge in [-0.05, 0) is 93.4 Å². The number of hydrogen-bond acceptors (Lipinski definition) is 7. The summed E-state index contributed by atoms with van der Waals surface area (Å²) in [4.78, 5) is 19.0. The van der Waals surface area contributed by atoms with Gasteiger partial charge in [-0.2, -0.15) is 5.10 Å². The predicted octanol–water partition coefficient (Wildman–Crippen LogP) is 9.15. The maximum absolute atomic E-state index is 14.3. The Labute approximate surface area is 281 Å². The van der Waals surface area contributed by atoms with Gasteiger partial charge in [0.25, 0.3) is 5.91 Å². The second-order valence-electron chi connectivity index (χ2n) is 11.9. The molecular formula is C40H38N6O2. The van der Waals surface area contributed by atoms with Crippen LogP contribution in [0.1, 0.15) is 52.0 Å². The number of carbonyl (C=O) groups excluding carboxylic acids is 1. The second kappa shape index (κ2) is 12.7. The molecule has 5 aromatic rings. The first-order valence-electron chi connectivity index (χ1n) is 16.3. The van der Waals surface area contributed by atoms with Crippen molar-refractivity contribution in [3.63, 3.8) is 0 Å². The Morgan fingerprint density at radius 3 is 1.92 bits per heavy atom. The van der Waals surface area contributed by atoms with E-state index in [1.54, 1.807) is 17.4 Å². The van der Waals surface area contributed by atoms with E-state index >= 15 is 0 Å². The maximum Gasteiger partial charge on any atom is 0.275 e. The summed E-state index contributed by atoms with van der Waals surface area (Å²) >= 11 is 0. The van der Waals surface area contributed by atoms with Gasteiger partial charge < -0.3 is 20.7 Å². The predicted molar refractivity (Wildman–Crippen MR) is 196 cm³/mol. The molecule has 0 saturated heterocycles. The molecule has 0 unspecified atom stereocenters. The van der Waals surface area contributed by atoms with Crippen molar-refractivity contribution in [1.82, 2.24) is 5.01 Å². The summed E-state index contributed by atoms with van der Waals surface area (Å²) < 4.78 is 6.68. The molecule has 2 heterocycles. The number of aryl methyl sites for hydroxylation is 2. The Kier molecular flexibility index (Phi) is 8.15. The number of amides is 1. The summed E-state index contributed by atoms with van der Waals surface area (Å²) in [7, 11) is 0. The lowest BCUT2D eigenvalue weighted by atomic mass is 9.74. The monoisotopic (exact) mass is 634 g/mol. The summed E-state index contributed by atoms with van der Waals surface area (Å²) in [6, 6.07) is 34.0. The number of hydrazone groups is 1. The molecule has 2 aliphatic rings. The topological polar surface area (TPSA) is 90.4 Å². The van der Waals surface area contributed by atoms with Crippen molar-refractivity contribution >= 4 is 46.8 Å². The Morgan fingerprint density at radius 1 is 0.708 bits per heavy atom. The number of nitrogens with one attached hydrogen (secondary N) is 3. The number of aliphatic imine (C=N–C) groups is 1. The molecule has 0 radical (unpaired) electrons. The fourth-order valence-corrected chi connectivity index (χ4v) is 6.69.